The highest BCUT2D eigenvalue weighted by atomic mass is 35.5. The lowest BCUT2D eigenvalue weighted by molar-refractivity contribution is -0.127. The Kier molecular flexibility index (Phi) is 5.90. The third kappa shape index (κ3) is 4.42. The van der Waals surface area contributed by atoms with Crippen molar-refractivity contribution in [2.75, 3.05) is 12.8 Å². The highest BCUT2D eigenvalue weighted by Crippen LogP contribution is 2.20. The van der Waals surface area contributed by atoms with Crippen LogP contribution in [0.15, 0.2) is 53.7 Å². The number of tetrazole rings is 1. The largest absolute Gasteiger partial charge is 0.341 e. The number of thioether (sulfide) groups is 1. The van der Waals surface area contributed by atoms with Gasteiger partial charge in [0.15, 0.2) is 0 Å². The molecule has 0 spiro atoms. The number of benzene rings is 2. The molecule has 1 aromatic heterocycles. The minimum Gasteiger partial charge on any atom is -0.341 e. The molecular formula is C18H18ClN5OS. The van der Waals surface area contributed by atoms with Crippen LogP contribution in [0.4, 0.5) is 0 Å². The van der Waals surface area contributed by atoms with Gasteiger partial charge in [-0.05, 0) is 52.7 Å². The number of nitrogens with zero attached hydrogens (tertiary/aromatic N) is 5. The van der Waals surface area contributed by atoms with E-state index in [4.69, 9.17) is 11.6 Å². The summed E-state index contributed by atoms with van der Waals surface area (Å²) in [6, 6.07) is 15.3. The molecule has 3 aromatic rings. The molecule has 0 aliphatic rings. The lowest BCUT2D eigenvalue weighted by atomic mass is 10.1. The molecule has 0 fully saturated rings. The van der Waals surface area contributed by atoms with Gasteiger partial charge < -0.3 is 4.90 Å². The second kappa shape index (κ2) is 8.33. The van der Waals surface area contributed by atoms with Crippen LogP contribution in [0.5, 0.6) is 0 Å². The van der Waals surface area contributed by atoms with Gasteiger partial charge in [-0.25, -0.2) is 0 Å². The van der Waals surface area contributed by atoms with Crippen molar-refractivity contribution < 1.29 is 4.79 Å². The van der Waals surface area contributed by atoms with Crippen LogP contribution in [0.3, 0.4) is 0 Å². The molecule has 6 nitrogen and oxygen atoms in total. The van der Waals surface area contributed by atoms with E-state index < -0.39 is 0 Å². The number of carbonyl (C=O) groups is 1. The highest BCUT2D eigenvalue weighted by molar-refractivity contribution is 7.99. The average molecular weight is 388 g/mol. The molecular weight excluding hydrogens is 370 g/mol. The Morgan fingerprint density at radius 3 is 2.65 bits per heavy atom. The molecule has 1 heterocycles. The fourth-order valence-electron chi connectivity index (χ4n) is 2.38. The predicted octanol–water partition coefficient (Wildman–Crippen LogP) is 3.37. The molecule has 0 unspecified atom stereocenters. The molecule has 0 radical (unpaired) electrons. The molecule has 0 N–H and O–H groups in total. The number of rotatable bonds is 6. The third-order valence-electron chi connectivity index (χ3n) is 3.93. The first-order valence-electron chi connectivity index (χ1n) is 8.00. The SMILES string of the molecule is Cc1ccccc1CN(C)C(=O)CSc1nnnn1-c1ccc(Cl)cc1. The van der Waals surface area contributed by atoms with Crippen molar-refractivity contribution in [1.29, 1.82) is 0 Å². The van der Waals surface area contributed by atoms with Crippen LogP contribution in [-0.4, -0.2) is 43.8 Å². The molecule has 134 valence electrons. The summed E-state index contributed by atoms with van der Waals surface area (Å²) in [5.41, 5.74) is 3.11. The Balaban J connectivity index is 1.62. The van der Waals surface area contributed by atoms with Crippen LogP contribution in [0.25, 0.3) is 5.69 Å². The van der Waals surface area contributed by atoms with Gasteiger partial charge in [0.05, 0.1) is 11.4 Å². The van der Waals surface area contributed by atoms with Gasteiger partial charge in [-0.15, -0.1) is 5.10 Å². The van der Waals surface area contributed by atoms with E-state index in [1.807, 2.05) is 43.3 Å². The van der Waals surface area contributed by atoms with Crippen molar-refractivity contribution >= 4 is 29.3 Å². The topological polar surface area (TPSA) is 63.9 Å². The van der Waals surface area contributed by atoms with Crippen molar-refractivity contribution in [3.8, 4) is 5.69 Å². The number of halogens is 1. The zero-order chi connectivity index (χ0) is 18.5. The lowest BCUT2D eigenvalue weighted by Crippen LogP contribution is -2.28. The molecule has 0 saturated carbocycles. The predicted molar refractivity (Wildman–Crippen MR) is 103 cm³/mol. The first-order chi connectivity index (χ1) is 12.5. The summed E-state index contributed by atoms with van der Waals surface area (Å²) in [5, 5.41) is 12.9. The van der Waals surface area contributed by atoms with E-state index in [0.29, 0.717) is 16.7 Å². The minimum atomic E-state index is 0.0175. The summed E-state index contributed by atoms with van der Waals surface area (Å²) < 4.78 is 1.59. The minimum absolute atomic E-state index is 0.0175. The second-order valence-electron chi connectivity index (χ2n) is 5.81. The van der Waals surface area contributed by atoms with Gasteiger partial charge in [-0.1, -0.05) is 47.6 Å². The second-order valence-corrected chi connectivity index (χ2v) is 7.19. The van der Waals surface area contributed by atoms with Crippen molar-refractivity contribution in [2.45, 2.75) is 18.6 Å². The quantitative estimate of drug-likeness (QED) is 0.607. The number of aryl methyl sites for hydroxylation is 1. The van der Waals surface area contributed by atoms with E-state index in [0.717, 1.165) is 11.3 Å². The van der Waals surface area contributed by atoms with Crippen LogP contribution < -0.4 is 0 Å². The maximum Gasteiger partial charge on any atom is 0.233 e. The Bertz CT molecular complexity index is 897. The Morgan fingerprint density at radius 2 is 1.92 bits per heavy atom. The van der Waals surface area contributed by atoms with E-state index in [1.54, 1.807) is 28.8 Å². The molecule has 8 heteroatoms. The van der Waals surface area contributed by atoms with E-state index in [1.165, 1.54) is 17.3 Å². The van der Waals surface area contributed by atoms with Crippen LogP contribution in [0.1, 0.15) is 11.1 Å². The molecule has 0 aliphatic carbocycles. The first kappa shape index (κ1) is 18.4. The van der Waals surface area contributed by atoms with Gasteiger partial charge in [0, 0.05) is 18.6 Å². The van der Waals surface area contributed by atoms with Gasteiger partial charge in [-0.3, -0.25) is 4.79 Å². The van der Waals surface area contributed by atoms with Gasteiger partial charge in [0.2, 0.25) is 11.1 Å². The monoisotopic (exact) mass is 387 g/mol. The third-order valence-corrected chi connectivity index (χ3v) is 5.09. The molecule has 0 atom stereocenters. The maximum absolute atomic E-state index is 12.5. The van der Waals surface area contributed by atoms with E-state index in [2.05, 4.69) is 15.5 Å². The smallest absolute Gasteiger partial charge is 0.233 e. The van der Waals surface area contributed by atoms with Crippen LogP contribution in [0, 0.1) is 6.92 Å². The average Bonchev–Trinajstić information content (AvgIpc) is 3.10. The molecule has 2 aromatic carbocycles. The molecule has 0 bridgehead atoms. The van der Waals surface area contributed by atoms with Gasteiger partial charge in [0.25, 0.3) is 0 Å². The Labute approximate surface area is 161 Å². The number of hydrogen-bond donors (Lipinski definition) is 0. The summed E-state index contributed by atoms with van der Waals surface area (Å²) in [7, 11) is 1.80. The van der Waals surface area contributed by atoms with Gasteiger partial charge >= 0.3 is 0 Å². The van der Waals surface area contributed by atoms with Crippen LogP contribution in [0.2, 0.25) is 5.02 Å². The van der Waals surface area contributed by atoms with E-state index >= 15 is 0 Å². The fraction of sp³-hybridized carbons (Fsp3) is 0.222. The number of carbonyl (C=O) groups excluding carboxylic acids is 1. The zero-order valence-corrected chi connectivity index (χ0v) is 16.0. The number of aromatic nitrogens is 4. The highest BCUT2D eigenvalue weighted by Gasteiger charge is 2.15. The van der Waals surface area contributed by atoms with Gasteiger partial charge in [0.1, 0.15) is 0 Å². The van der Waals surface area contributed by atoms with Crippen molar-refractivity contribution in [1.82, 2.24) is 25.1 Å². The molecule has 0 aliphatic heterocycles. The molecule has 3 rings (SSSR count). The van der Waals surface area contributed by atoms with E-state index in [9.17, 15) is 4.79 Å². The number of hydrogen-bond acceptors (Lipinski definition) is 5. The number of amides is 1. The summed E-state index contributed by atoms with van der Waals surface area (Å²) in [6.45, 7) is 2.62. The molecule has 26 heavy (non-hydrogen) atoms. The fourth-order valence-corrected chi connectivity index (χ4v) is 3.34. The van der Waals surface area contributed by atoms with E-state index in [-0.39, 0.29) is 11.7 Å². The van der Waals surface area contributed by atoms with Crippen molar-refractivity contribution in [2.24, 2.45) is 0 Å². The zero-order valence-electron chi connectivity index (χ0n) is 14.5. The van der Waals surface area contributed by atoms with Crippen LogP contribution >= 0.6 is 23.4 Å². The summed E-state index contributed by atoms with van der Waals surface area (Å²) in [6.07, 6.45) is 0. The maximum atomic E-state index is 12.5. The lowest BCUT2D eigenvalue weighted by Gasteiger charge is -2.18. The Hall–Kier alpha value is -2.38. The molecule has 0 saturated heterocycles. The summed E-state index contributed by atoms with van der Waals surface area (Å²) >= 11 is 7.22. The standard InChI is InChI=1S/C18H18ClN5OS/c1-13-5-3-4-6-14(13)11-23(2)17(25)12-26-18-20-21-22-24(18)16-9-7-15(19)8-10-16/h3-10H,11-12H2,1-2H3. The normalized spacial score (nSPS) is 10.7. The van der Waals surface area contributed by atoms with Gasteiger partial charge in [-0.2, -0.15) is 4.68 Å². The molecule has 1 amide bonds. The Morgan fingerprint density at radius 1 is 1.19 bits per heavy atom. The summed E-state index contributed by atoms with van der Waals surface area (Å²) in [4.78, 5) is 14.2. The van der Waals surface area contributed by atoms with Crippen molar-refractivity contribution in [3.63, 3.8) is 0 Å². The summed E-state index contributed by atoms with van der Waals surface area (Å²) in [5.74, 6) is 0.278. The van der Waals surface area contributed by atoms with Crippen LogP contribution in [-0.2, 0) is 11.3 Å². The first-order valence-corrected chi connectivity index (χ1v) is 9.36. The van der Waals surface area contributed by atoms with Crippen molar-refractivity contribution in [3.05, 3.63) is 64.7 Å².